The second-order valence-electron chi connectivity index (χ2n) is 11.1. The molecule has 42 heavy (non-hydrogen) atoms. The van der Waals surface area contributed by atoms with Crippen LogP contribution >= 0.6 is 11.8 Å². The van der Waals surface area contributed by atoms with E-state index in [1.54, 1.807) is 0 Å². The predicted octanol–water partition coefficient (Wildman–Crippen LogP) is 4.62. The van der Waals surface area contributed by atoms with Crippen LogP contribution in [0.15, 0.2) is 47.8 Å². The molecule has 6 rings (SSSR count). The highest BCUT2D eigenvalue weighted by Crippen LogP contribution is 2.38. The summed E-state index contributed by atoms with van der Waals surface area (Å²) in [6, 6.07) is 10.7. The van der Waals surface area contributed by atoms with Gasteiger partial charge in [-0.1, -0.05) is 18.7 Å². The molecule has 5 heterocycles. The van der Waals surface area contributed by atoms with Gasteiger partial charge in [-0.25, -0.2) is 4.39 Å². The second-order valence-corrected chi connectivity index (χ2v) is 12.2. The molecular formula is C31H34FN7O2S. The molecule has 0 spiro atoms. The number of anilines is 1. The number of benzene rings is 1. The Balaban J connectivity index is 1.38. The third-order valence-electron chi connectivity index (χ3n) is 8.45. The molecule has 0 N–H and O–H groups in total. The molecule has 0 radical (unpaired) electrons. The summed E-state index contributed by atoms with van der Waals surface area (Å²) in [6.45, 7) is 5.62. The first-order valence-electron chi connectivity index (χ1n) is 14.5. The van der Waals surface area contributed by atoms with Gasteiger partial charge in [-0.05, 0) is 68.3 Å². The van der Waals surface area contributed by atoms with Gasteiger partial charge >= 0.3 is 6.01 Å². The number of pyridine rings is 1. The van der Waals surface area contributed by atoms with E-state index in [4.69, 9.17) is 19.7 Å². The van der Waals surface area contributed by atoms with Crippen molar-refractivity contribution in [2.45, 2.75) is 49.1 Å². The van der Waals surface area contributed by atoms with Gasteiger partial charge in [0.2, 0.25) is 0 Å². The highest BCUT2D eigenvalue weighted by molar-refractivity contribution is 7.99. The summed E-state index contributed by atoms with van der Waals surface area (Å²) in [5.74, 6) is -0.0900. The number of likely N-dealkylation sites (tertiary alicyclic amines) is 1. The van der Waals surface area contributed by atoms with Crippen LogP contribution in [0.3, 0.4) is 0 Å². The number of hydrogen-bond donors (Lipinski definition) is 0. The Hall–Kier alpha value is -3.75. The number of fused-ring (bicyclic) bond motifs is 2. The number of carbonyl (C=O) groups excluding carboxylic acids is 1. The Kier molecular flexibility index (Phi) is 8.27. The molecule has 1 amide bonds. The Bertz CT molecular complexity index is 1560. The number of piperazine rings is 1. The molecule has 2 fully saturated rings. The number of nitriles is 1. The van der Waals surface area contributed by atoms with Crippen molar-refractivity contribution in [3.05, 3.63) is 48.4 Å². The SMILES string of the molecule is C=C(F)C(=O)N1CCN(c2nc(OC[C@@H]3CCCN3C)nc3cc(-c4cccc5c4CCCS5)cnc23)C[C@@H]1CC#N. The van der Waals surface area contributed by atoms with Crippen LogP contribution in [0.4, 0.5) is 10.2 Å². The van der Waals surface area contributed by atoms with Crippen LogP contribution in [0.2, 0.25) is 0 Å². The third-order valence-corrected chi connectivity index (χ3v) is 9.63. The fourth-order valence-corrected chi connectivity index (χ4v) is 7.26. The monoisotopic (exact) mass is 587 g/mol. The number of carbonyl (C=O) groups is 1. The zero-order valence-corrected chi connectivity index (χ0v) is 24.6. The van der Waals surface area contributed by atoms with E-state index in [1.165, 1.54) is 15.4 Å². The lowest BCUT2D eigenvalue weighted by molar-refractivity contribution is -0.131. The molecule has 0 aliphatic carbocycles. The molecular weight excluding hydrogens is 553 g/mol. The Morgan fingerprint density at radius 1 is 1.24 bits per heavy atom. The molecule has 2 aromatic heterocycles. The van der Waals surface area contributed by atoms with Crippen LogP contribution < -0.4 is 9.64 Å². The second kappa shape index (κ2) is 12.2. The quantitative estimate of drug-likeness (QED) is 0.367. The predicted molar refractivity (Wildman–Crippen MR) is 161 cm³/mol. The average molecular weight is 588 g/mol. The maximum atomic E-state index is 13.8. The summed E-state index contributed by atoms with van der Waals surface area (Å²) in [7, 11) is 2.10. The van der Waals surface area contributed by atoms with Crippen LogP contribution in [0.25, 0.3) is 22.2 Å². The third kappa shape index (κ3) is 5.65. The van der Waals surface area contributed by atoms with E-state index >= 15 is 0 Å². The minimum atomic E-state index is -1.03. The number of rotatable bonds is 7. The number of aromatic nitrogens is 3. The molecule has 218 valence electrons. The molecule has 0 saturated carbocycles. The first-order chi connectivity index (χ1) is 20.4. The minimum absolute atomic E-state index is 0.0601. The summed E-state index contributed by atoms with van der Waals surface area (Å²) < 4.78 is 20.0. The lowest BCUT2D eigenvalue weighted by Crippen LogP contribution is -2.55. The van der Waals surface area contributed by atoms with E-state index in [2.05, 4.69) is 48.9 Å². The van der Waals surface area contributed by atoms with E-state index in [0.29, 0.717) is 42.6 Å². The number of halogens is 1. The van der Waals surface area contributed by atoms with Gasteiger partial charge < -0.3 is 19.4 Å². The Labute approximate surface area is 249 Å². The van der Waals surface area contributed by atoms with Gasteiger partial charge in [-0.2, -0.15) is 15.2 Å². The fraction of sp³-hybridized carbons (Fsp3) is 0.452. The zero-order valence-electron chi connectivity index (χ0n) is 23.8. The van der Waals surface area contributed by atoms with Gasteiger partial charge in [0.05, 0.1) is 24.0 Å². The molecule has 1 aromatic carbocycles. The van der Waals surface area contributed by atoms with Crippen molar-refractivity contribution in [2.75, 3.05) is 50.5 Å². The molecule has 11 heteroatoms. The molecule has 0 bridgehead atoms. The maximum Gasteiger partial charge on any atom is 0.319 e. The Morgan fingerprint density at radius 3 is 2.90 bits per heavy atom. The van der Waals surface area contributed by atoms with Crippen LogP contribution in [0.1, 0.15) is 31.2 Å². The molecule has 3 aromatic rings. The van der Waals surface area contributed by atoms with Crippen LogP contribution in [-0.2, 0) is 11.2 Å². The fourth-order valence-electron chi connectivity index (χ4n) is 6.19. The standard InChI is InChI=1S/C31H34FN7O2S/c1-20(32)30(40)39-14-13-38(18-22(39)10-11-33)29-28-26(35-31(36-29)41-19-23-6-4-12-37(23)2)16-21(17-34-28)24-7-3-9-27-25(24)8-5-15-42-27/h3,7,9,16-17,22-23H,1,4-6,8,10,12-15,18-19H2,2H3/t22-,23-/m0/s1. The van der Waals surface area contributed by atoms with Crippen molar-refractivity contribution in [1.82, 2.24) is 24.8 Å². The molecule has 3 aliphatic rings. The lowest BCUT2D eigenvalue weighted by Gasteiger charge is -2.41. The van der Waals surface area contributed by atoms with Gasteiger partial charge in [0.15, 0.2) is 11.6 Å². The van der Waals surface area contributed by atoms with Crippen molar-refractivity contribution in [1.29, 1.82) is 5.26 Å². The van der Waals surface area contributed by atoms with Crippen molar-refractivity contribution in [2.24, 2.45) is 0 Å². The van der Waals surface area contributed by atoms with E-state index < -0.39 is 17.8 Å². The summed E-state index contributed by atoms with van der Waals surface area (Å²) in [5, 5.41) is 9.46. The number of likely N-dealkylation sites (N-methyl/N-ethyl adjacent to an activating group) is 1. The first-order valence-corrected chi connectivity index (χ1v) is 15.4. The molecule has 2 atom stereocenters. The highest BCUT2D eigenvalue weighted by atomic mass is 32.2. The molecule has 3 aliphatic heterocycles. The van der Waals surface area contributed by atoms with Gasteiger partial charge in [0, 0.05) is 42.3 Å². The summed E-state index contributed by atoms with van der Waals surface area (Å²) >= 11 is 1.90. The van der Waals surface area contributed by atoms with Crippen LogP contribution in [0.5, 0.6) is 6.01 Å². The van der Waals surface area contributed by atoms with Crippen molar-refractivity contribution < 1.29 is 13.9 Å². The van der Waals surface area contributed by atoms with E-state index in [9.17, 15) is 14.4 Å². The summed E-state index contributed by atoms with van der Waals surface area (Å²) in [6.07, 6.45) is 6.30. The average Bonchev–Trinajstić information content (AvgIpc) is 3.43. The number of amides is 1. The topological polar surface area (TPSA) is 98.5 Å². The lowest BCUT2D eigenvalue weighted by atomic mass is 9.97. The van der Waals surface area contributed by atoms with Gasteiger partial charge in [-0.3, -0.25) is 9.78 Å². The number of thioether (sulfide) groups is 1. The summed E-state index contributed by atoms with van der Waals surface area (Å²) in [4.78, 5) is 34.0. The first kappa shape index (κ1) is 28.4. The normalized spacial score (nSPS) is 20.8. The highest BCUT2D eigenvalue weighted by Gasteiger charge is 2.33. The van der Waals surface area contributed by atoms with E-state index in [-0.39, 0.29) is 19.0 Å². The van der Waals surface area contributed by atoms with Crippen LogP contribution in [-0.4, -0.2) is 88.3 Å². The van der Waals surface area contributed by atoms with E-state index in [1.807, 2.05) is 22.9 Å². The van der Waals surface area contributed by atoms with Gasteiger partial charge in [0.1, 0.15) is 12.1 Å². The number of ether oxygens (including phenoxy) is 1. The van der Waals surface area contributed by atoms with Crippen LogP contribution in [0, 0.1) is 11.3 Å². The Morgan fingerprint density at radius 2 is 2.12 bits per heavy atom. The van der Waals surface area contributed by atoms with Crippen molar-refractivity contribution >= 4 is 34.5 Å². The largest absolute Gasteiger partial charge is 0.462 e. The molecule has 2 saturated heterocycles. The number of hydrogen-bond acceptors (Lipinski definition) is 9. The number of nitrogens with zero attached hydrogens (tertiary/aromatic N) is 7. The summed E-state index contributed by atoms with van der Waals surface area (Å²) in [5.41, 5.74) is 4.79. The molecule has 9 nitrogen and oxygen atoms in total. The molecule has 0 unspecified atom stereocenters. The van der Waals surface area contributed by atoms with Crippen molar-refractivity contribution in [3.63, 3.8) is 0 Å². The maximum absolute atomic E-state index is 13.8. The van der Waals surface area contributed by atoms with Gasteiger partial charge in [-0.15, -0.1) is 11.8 Å². The smallest absolute Gasteiger partial charge is 0.319 e. The zero-order chi connectivity index (χ0) is 29.2. The van der Waals surface area contributed by atoms with E-state index in [0.717, 1.165) is 49.1 Å². The van der Waals surface area contributed by atoms with Gasteiger partial charge in [0.25, 0.3) is 5.91 Å². The minimum Gasteiger partial charge on any atom is -0.462 e. The van der Waals surface area contributed by atoms with Crippen molar-refractivity contribution in [3.8, 4) is 23.2 Å².